The van der Waals surface area contributed by atoms with Gasteiger partial charge in [0.05, 0.1) is 40.8 Å². The minimum absolute atomic E-state index is 0.167. The van der Waals surface area contributed by atoms with Crippen LogP contribution in [0.3, 0.4) is 0 Å². The summed E-state index contributed by atoms with van der Waals surface area (Å²) in [6, 6.07) is 29.8. The molecular formula is C52H48Cl2N8O5S. The van der Waals surface area contributed by atoms with Crippen molar-refractivity contribution in [2.75, 3.05) is 48.9 Å². The van der Waals surface area contributed by atoms with Crippen LogP contribution in [0.5, 0.6) is 5.75 Å². The molecular weight excluding hydrogens is 920 g/mol. The van der Waals surface area contributed by atoms with Crippen molar-refractivity contribution in [1.82, 2.24) is 24.4 Å². The van der Waals surface area contributed by atoms with Crippen LogP contribution in [-0.4, -0.2) is 78.2 Å². The lowest BCUT2D eigenvalue weighted by molar-refractivity contribution is -0.112. The number of pyridine rings is 2. The molecule has 0 bridgehead atoms. The van der Waals surface area contributed by atoms with Crippen LogP contribution < -0.4 is 20.1 Å². The van der Waals surface area contributed by atoms with Crippen LogP contribution in [0.25, 0.3) is 66.8 Å². The maximum Gasteiger partial charge on any atom is 0.247 e. The molecule has 8 rings (SSSR count). The van der Waals surface area contributed by atoms with Crippen molar-refractivity contribution in [2.24, 2.45) is 0 Å². The number of hydrogen-bond acceptors (Lipinski definition) is 8. The molecule has 2 amide bonds. The van der Waals surface area contributed by atoms with Crippen molar-refractivity contribution in [1.29, 1.82) is 0 Å². The number of amides is 2. The normalized spacial score (nSPS) is 11.5. The topological polar surface area (TPSA) is 163 Å². The standard InChI is InChI=1S/C52H48Cl2N8O5S/c1-7-43(63)57-41-28-35(11-10-31(41)3)46-48-40(54)23-25-56-52(48)62(50(46)33-14-18-37(19-15-33)60-68(6,65)66)30-36-13-12-34(29-42(36)58-44(64)8-2)45-47-39(53)22-24-55-51(47)59-49(45)32-16-20-38(21-17-32)67-27-9-26-61(4)5/h7-8,10-25,28-29,60H,1-2,9,26-27,30H2,3-6H3,(H,55,59)(H,57,63)(H,58,64). The Bertz CT molecular complexity index is 3370. The monoisotopic (exact) mass is 966 g/mol. The number of aryl methyl sites for hydroxylation is 1. The highest BCUT2D eigenvalue weighted by Gasteiger charge is 2.26. The summed E-state index contributed by atoms with van der Waals surface area (Å²) < 4.78 is 35.0. The number of nitrogens with zero attached hydrogens (tertiary/aromatic N) is 4. The van der Waals surface area contributed by atoms with Gasteiger partial charge in [-0.25, -0.2) is 18.4 Å². The van der Waals surface area contributed by atoms with Gasteiger partial charge in [-0.05, 0) is 134 Å². The number of anilines is 3. The summed E-state index contributed by atoms with van der Waals surface area (Å²) in [6.45, 7) is 10.9. The Morgan fingerprint density at radius 1 is 0.779 bits per heavy atom. The summed E-state index contributed by atoms with van der Waals surface area (Å²) >= 11 is 14.1. The predicted molar refractivity (Wildman–Crippen MR) is 276 cm³/mol. The Morgan fingerprint density at radius 2 is 1.38 bits per heavy atom. The van der Waals surface area contributed by atoms with E-state index < -0.39 is 15.9 Å². The van der Waals surface area contributed by atoms with Gasteiger partial charge in [-0.3, -0.25) is 14.3 Å². The minimum Gasteiger partial charge on any atom is -0.494 e. The number of aromatic nitrogens is 4. The second-order valence-corrected chi connectivity index (χ2v) is 19.0. The van der Waals surface area contributed by atoms with Crippen molar-refractivity contribution in [3.8, 4) is 50.5 Å². The van der Waals surface area contributed by atoms with Gasteiger partial charge in [0, 0.05) is 57.9 Å². The minimum atomic E-state index is -3.57. The fourth-order valence-electron chi connectivity index (χ4n) is 8.18. The van der Waals surface area contributed by atoms with Gasteiger partial charge in [0.25, 0.3) is 0 Å². The van der Waals surface area contributed by atoms with E-state index in [0.29, 0.717) is 78.2 Å². The van der Waals surface area contributed by atoms with Gasteiger partial charge in [-0.15, -0.1) is 0 Å². The Kier molecular flexibility index (Phi) is 13.9. The molecule has 4 aromatic heterocycles. The molecule has 0 aliphatic carbocycles. The second-order valence-electron chi connectivity index (χ2n) is 16.5. The molecule has 0 radical (unpaired) electrons. The van der Waals surface area contributed by atoms with E-state index in [1.165, 1.54) is 12.2 Å². The number of aromatic amines is 1. The first-order valence-electron chi connectivity index (χ1n) is 21.5. The molecule has 68 heavy (non-hydrogen) atoms. The molecule has 0 aliphatic heterocycles. The van der Waals surface area contributed by atoms with Crippen molar-refractivity contribution >= 4 is 84.2 Å². The Hall–Kier alpha value is -7.23. The van der Waals surface area contributed by atoms with E-state index in [0.717, 1.165) is 58.5 Å². The second kappa shape index (κ2) is 19.9. The number of nitrogens with one attached hydrogen (secondary N) is 4. The third kappa shape index (κ3) is 10.2. The fourth-order valence-corrected chi connectivity index (χ4v) is 9.22. The van der Waals surface area contributed by atoms with E-state index in [1.807, 2.05) is 98.4 Å². The Labute approximate surface area is 404 Å². The number of hydrogen-bond donors (Lipinski definition) is 4. The third-order valence-corrected chi connectivity index (χ3v) is 12.5. The predicted octanol–water partition coefficient (Wildman–Crippen LogP) is 11.2. The number of ether oxygens (including phenoxy) is 1. The van der Waals surface area contributed by atoms with Crippen molar-refractivity contribution < 1.29 is 22.7 Å². The summed E-state index contributed by atoms with van der Waals surface area (Å²) in [5.74, 6) is -0.0445. The molecule has 0 saturated heterocycles. The van der Waals surface area contributed by atoms with Crippen molar-refractivity contribution in [3.05, 3.63) is 156 Å². The van der Waals surface area contributed by atoms with Gasteiger partial charge >= 0.3 is 0 Å². The number of benzene rings is 4. The Balaban J connectivity index is 1.30. The lowest BCUT2D eigenvalue weighted by atomic mass is 9.96. The zero-order chi connectivity index (χ0) is 48.3. The summed E-state index contributed by atoms with van der Waals surface area (Å²) in [6.07, 6.45) is 7.67. The van der Waals surface area contributed by atoms with Gasteiger partial charge in [-0.2, -0.15) is 0 Å². The average molecular weight is 968 g/mol. The molecule has 16 heteroatoms. The summed E-state index contributed by atoms with van der Waals surface area (Å²) in [4.78, 5) is 41.0. The number of rotatable bonds is 17. The molecule has 4 N–H and O–H groups in total. The highest BCUT2D eigenvalue weighted by Crippen LogP contribution is 2.46. The van der Waals surface area contributed by atoms with Crippen molar-refractivity contribution in [3.63, 3.8) is 0 Å². The van der Waals surface area contributed by atoms with Crippen molar-refractivity contribution in [2.45, 2.75) is 19.9 Å². The quantitative estimate of drug-likeness (QED) is 0.0518. The van der Waals surface area contributed by atoms with E-state index in [1.54, 1.807) is 36.7 Å². The van der Waals surface area contributed by atoms with Crippen LogP contribution in [0.2, 0.25) is 10.0 Å². The van der Waals surface area contributed by atoms with Crippen LogP contribution in [0.4, 0.5) is 17.1 Å². The first-order valence-corrected chi connectivity index (χ1v) is 24.2. The smallest absolute Gasteiger partial charge is 0.247 e. The molecule has 0 aliphatic rings. The van der Waals surface area contributed by atoms with Crippen LogP contribution in [-0.2, 0) is 26.2 Å². The molecule has 0 spiro atoms. The summed E-state index contributed by atoms with van der Waals surface area (Å²) in [5, 5.41) is 8.23. The number of carbonyl (C=O) groups excluding carboxylic acids is 2. The lowest BCUT2D eigenvalue weighted by Gasteiger charge is -2.18. The zero-order valence-corrected chi connectivity index (χ0v) is 40.1. The van der Waals surface area contributed by atoms with E-state index in [9.17, 15) is 18.0 Å². The maximum atomic E-state index is 13.3. The van der Waals surface area contributed by atoms with E-state index in [4.69, 9.17) is 32.9 Å². The van der Waals surface area contributed by atoms with Crippen LogP contribution in [0.1, 0.15) is 17.5 Å². The fraction of sp³-hybridized carbons (Fsp3) is 0.154. The molecule has 4 heterocycles. The molecule has 0 unspecified atom stereocenters. The summed E-state index contributed by atoms with van der Waals surface area (Å²) in [5.41, 5.74) is 10.1. The summed E-state index contributed by atoms with van der Waals surface area (Å²) in [7, 11) is 0.502. The van der Waals surface area contributed by atoms with Gasteiger partial charge in [0.1, 0.15) is 17.0 Å². The highest BCUT2D eigenvalue weighted by atomic mass is 35.5. The molecule has 346 valence electrons. The van der Waals surface area contributed by atoms with E-state index in [2.05, 4.69) is 43.4 Å². The number of carbonyl (C=O) groups is 2. The van der Waals surface area contributed by atoms with Gasteiger partial charge < -0.3 is 29.8 Å². The molecule has 0 atom stereocenters. The SMILES string of the molecule is C=CC(=O)Nc1cc(-c2c(-c3ccc(NS(C)(=O)=O)cc3)n(Cc3ccc(-c4c(-c5ccc(OCCCN(C)C)cc5)[nH]c5nccc(Cl)c45)cc3NC(=O)C=C)c3nccc(Cl)c23)ccc1C. The maximum absolute atomic E-state index is 13.3. The van der Waals surface area contributed by atoms with Gasteiger partial charge in [0.15, 0.2) is 0 Å². The van der Waals surface area contributed by atoms with E-state index in [-0.39, 0.29) is 12.5 Å². The number of sulfonamides is 1. The zero-order valence-electron chi connectivity index (χ0n) is 37.8. The highest BCUT2D eigenvalue weighted by molar-refractivity contribution is 7.92. The molecule has 4 aromatic carbocycles. The molecule has 8 aromatic rings. The third-order valence-electron chi connectivity index (χ3n) is 11.3. The van der Waals surface area contributed by atoms with E-state index >= 15 is 0 Å². The first-order chi connectivity index (χ1) is 32.6. The van der Waals surface area contributed by atoms with Gasteiger partial charge in [-0.1, -0.05) is 72.8 Å². The molecule has 0 saturated carbocycles. The molecule has 13 nitrogen and oxygen atoms in total. The van der Waals surface area contributed by atoms with Crippen LogP contribution in [0, 0.1) is 6.92 Å². The number of fused-ring (bicyclic) bond motifs is 2. The van der Waals surface area contributed by atoms with Gasteiger partial charge in [0.2, 0.25) is 21.8 Å². The number of halogens is 2. The Morgan fingerprint density at radius 3 is 2.06 bits per heavy atom. The molecule has 0 fully saturated rings. The average Bonchev–Trinajstić information content (AvgIpc) is 3.87. The lowest BCUT2D eigenvalue weighted by Crippen LogP contribution is -2.15. The van der Waals surface area contributed by atoms with Crippen LogP contribution in [0.15, 0.2) is 135 Å². The largest absolute Gasteiger partial charge is 0.494 e. The first kappa shape index (κ1) is 47.3. The number of H-pyrrole nitrogens is 1. The van der Waals surface area contributed by atoms with Crippen LogP contribution >= 0.6 is 23.2 Å².